The highest BCUT2D eigenvalue weighted by atomic mass is 32.2. The third-order valence-corrected chi connectivity index (χ3v) is 5.99. The Morgan fingerprint density at radius 1 is 1.17 bits per heavy atom. The monoisotopic (exact) mass is 418 g/mol. The molecule has 1 aliphatic rings. The topological polar surface area (TPSA) is 66.5 Å². The first-order valence-corrected chi connectivity index (χ1v) is 11.6. The zero-order valence-corrected chi connectivity index (χ0v) is 17.8. The van der Waals surface area contributed by atoms with Gasteiger partial charge in [-0.05, 0) is 24.0 Å². The molecule has 0 radical (unpaired) electrons. The highest BCUT2D eigenvalue weighted by molar-refractivity contribution is 7.88. The molecule has 156 valence electrons. The minimum atomic E-state index is -3.32. The van der Waals surface area contributed by atoms with Gasteiger partial charge in [-0.15, -0.1) is 0 Å². The second kappa shape index (κ2) is 8.24. The van der Waals surface area contributed by atoms with E-state index < -0.39 is 15.4 Å². The van der Waals surface area contributed by atoms with E-state index in [0.717, 1.165) is 11.8 Å². The van der Waals surface area contributed by atoms with Gasteiger partial charge >= 0.3 is 0 Å². The van der Waals surface area contributed by atoms with E-state index in [4.69, 9.17) is 0 Å². The zero-order valence-electron chi connectivity index (χ0n) is 17.0. The molecule has 0 bridgehead atoms. The van der Waals surface area contributed by atoms with Crippen LogP contribution in [0.2, 0.25) is 0 Å². The predicted octanol–water partition coefficient (Wildman–Crippen LogP) is 3.21. The van der Waals surface area contributed by atoms with Crippen LogP contribution in [0.1, 0.15) is 25.8 Å². The van der Waals surface area contributed by atoms with Crippen molar-refractivity contribution in [3.05, 3.63) is 59.9 Å². The van der Waals surface area contributed by atoms with Crippen molar-refractivity contribution in [3.8, 4) is 11.1 Å². The Bertz CT molecular complexity index is 990. The van der Waals surface area contributed by atoms with E-state index in [2.05, 4.69) is 4.72 Å². The number of nitrogens with one attached hydrogen (secondary N) is 1. The molecule has 1 unspecified atom stereocenters. The molecule has 1 saturated heterocycles. The molecule has 2 aromatic carbocycles. The fourth-order valence-corrected chi connectivity index (χ4v) is 4.68. The Labute approximate surface area is 172 Å². The minimum absolute atomic E-state index is 0.0974. The van der Waals surface area contributed by atoms with Gasteiger partial charge in [0.05, 0.1) is 6.26 Å². The number of carbonyl (C=O) groups is 1. The zero-order chi connectivity index (χ0) is 21.2. The Kier molecular flexibility index (Phi) is 6.10. The third-order valence-electron chi connectivity index (χ3n) is 5.23. The Hall–Kier alpha value is -2.25. The molecule has 5 nitrogen and oxygen atoms in total. The van der Waals surface area contributed by atoms with Gasteiger partial charge in [-0.1, -0.05) is 62.4 Å². The van der Waals surface area contributed by atoms with E-state index in [1.165, 1.54) is 0 Å². The van der Waals surface area contributed by atoms with Crippen molar-refractivity contribution >= 4 is 15.9 Å². The molecule has 1 amide bonds. The normalized spacial score (nSPS) is 17.5. The van der Waals surface area contributed by atoms with Crippen molar-refractivity contribution in [1.82, 2.24) is 9.62 Å². The largest absolute Gasteiger partial charge is 0.341 e. The molecule has 7 heteroatoms. The summed E-state index contributed by atoms with van der Waals surface area (Å²) in [4.78, 5) is 14.7. The van der Waals surface area contributed by atoms with Gasteiger partial charge in [-0.3, -0.25) is 4.79 Å². The molecule has 1 aliphatic heterocycles. The summed E-state index contributed by atoms with van der Waals surface area (Å²) in [6.07, 6.45) is 1.95. The molecular formula is C22H27FN2O3S. The maximum atomic E-state index is 15.2. The van der Waals surface area contributed by atoms with Gasteiger partial charge in [0, 0.05) is 30.1 Å². The van der Waals surface area contributed by atoms with Gasteiger partial charge in [0.25, 0.3) is 0 Å². The first kappa shape index (κ1) is 21.5. The first-order chi connectivity index (χ1) is 13.6. The van der Waals surface area contributed by atoms with Gasteiger partial charge in [0.1, 0.15) is 5.82 Å². The molecule has 29 heavy (non-hydrogen) atoms. The first-order valence-electron chi connectivity index (χ1n) is 9.66. The Morgan fingerprint density at radius 3 is 2.52 bits per heavy atom. The molecule has 3 rings (SSSR count). The van der Waals surface area contributed by atoms with E-state index in [1.54, 1.807) is 30.9 Å². The van der Waals surface area contributed by atoms with Crippen LogP contribution in [0, 0.1) is 11.2 Å². The van der Waals surface area contributed by atoms with E-state index >= 15 is 4.39 Å². The molecule has 0 aliphatic carbocycles. The maximum Gasteiger partial charge on any atom is 0.228 e. The summed E-state index contributed by atoms with van der Waals surface area (Å²) in [6, 6.07) is 14.3. The van der Waals surface area contributed by atoms with E-state index in [9.17, 15) is 13.2 Å². The lowest BCUT2D eigenvalue weighted by Crippen LogP contribution is -2.43. The highest BCUT2D eigenvalue weighted by Gasteiger charge is 2.37. The summed E-state index contributed by atoms with van der Waals surface area (Å²) in [5, 5.41) is 0. The number of sulfonamides is 1. The van der Waals surface area contributed by atoms with Crippen LogP contribution in [0.4, 0.5) is 4.39 Å². The number of benzene rings is 2. The summed E-state index contributed by atoms with van der Waals surface area (Å²) in [5.41, 5.74) is 1.00. The fourth-order valence-electron chi connectivity index (χ4n) is 3.88. The van der Waals surface area contributed by atoms with Crippen molar-refractivity contribution in [1.29, 1.82) is 0 Å². The number of likely N-dealkylation sites (tertiary alicyclic amines) is 1. The predicted molar refractivity (Wildman–Crippen MR) is 112 cm³/mol. The lowest BCUT2D eigenvalue weighted by molar-refractivity contribution is -0.139. The van der Waals surface area contributed by atoms with Gasteiger partial charge in [0.15, 0.2) is 0 Å². The average molecular weight is 419 g/mol. The number of nitrogens with zero attached hydrogens (tertiary/aromatic N) is 1. The molecule has 1 atom stereocenters. The van der Waals surface area contributed by atoms with Gasteiger partial charge < -0.3 is 4.90 Å². The van der Waals surface area contributed by atoms with Crippen molar-refractivity contribution in [2.24, 2.45) is 5.41 Å². The van der Waals surface area contributed by atoms with Crippen molar-refractivity contribution < 1.29 is 17.6 Å². The number of halogens is 1. The van der Waals surface area contributed by atoms with Crippen molar-refractivity contribution in [3.63, 3.8) is 0 Å². The number of rotatable bonds is 6. The summed E-state index contributed by atoms with van der Waals surface area (Å²) < 4.78 is 40.6. The second-order valence-electron chi connectivity index (χ2n) is 8.33. The molecule has 0 aromatic heterocycles. The molecular weight excluding hydrogens is 391 g/mol. The summed E-state index contributed by atoms with van der Waals surface area (Å²) in [7, 11) is -3.32. The molecule has 1 heterocycles. The van der Waals surface area contributed by atoms with Crippen molar-refractivity contribution in [2.45, 2.75) is 32.7 Å². The van der Waals surface area contributed by atoms with Crippen LogP contribution >= 0.6 is 0 Å². The average Bonchev–Trinajstić information content (AvgIpc) is 3.09. The Balaban J connectivity index is 1.75. The number of amides is 1. The fraction of sp³-hybridized carbons (Fsp3) is 0.409. The lowest BCUT2D eigenvalue weighted by atomic mass is 9.83. The molecule has 1 fully saturated rings. The Morgan fingerprint density at radius 2 is 1.86 bits per heavy atom. The van der Waals surface area contributed by atoms with Crippen LogP contribution in [0.3, 0.4) is 0 Å². The molecule has 2 aromatic rings. The van der Waals surface area contributed by atoms with Crippen LogP contribution in [0.25, 0.3) is 11.1 Å². The lowest BCUT2D eigenvalue weighted by Gasteiger charge is -2.30. The maximum absolute atomic E-state index is 15.2. The summed E-state index contributed by atoms with van der Waals surface area (Å²) >= 11 is 0. The van der Waals surface area contributed by atoms with Crippen LogP contribution in [-0.2, 0) is 21.2 Å². The highest BCUT2D eigenvalue weighted by Crippen LogP contribution is 2.31. The van der Waals surface area contributed by atoms with E-state index in [-0.39, 0.29) is 24.2 Å². The van der Waals surface area contributed by atoms with E-state index in [0.29, 0.717) is 30.6 Å². The standard InChI is InChI=1S/C22H27FN2O3S/c1-22(2,21(26)25-13-12-18(15-25)24-29(3,27)28)14-17-10-7-11-19(20(17)23)16-8-5-4-6-9-16/h4-11,18,24H,12-15H2,1-3H3. The number of hydrogen-bond acceptors (Lipinski definition) is 3. The van der Waals surface area contributed by atoms with E-state index in [1.807, 2.05) is 36.4 Å². The number of carbonyl (C=O) groups excluding carboxylic acids is 1. The molecule has 1 N–H and O–H groups in total. The SMILES string of the molecule is CC(C)(Cc1cccc(-c2ccccc2)c1F)C(=O)N1CCC(NS(C)(=O)=O)C1. The summed E-state index contributed by atoms with van der Waals surface area (Å²) in [6.45, 7) is 4.44. The van der Waals surface area contributed by atoms with Crippen molar-refractivity contribution in [2.75, 3.05) is 19.3 Å². The van der Waals surface area contributed by atoms with Crippen LogP contribution in [0.15, 0.2) is 48.5 Å². The third kappa shape index (κ3) is 5.22. The quantitative estimate of drug-likeness (QED) is 0.783. The van der Waals surface area contributed by atoms with Gasteiger partial charge in [-0.25, -0.2) is 17.5 Å². The van der Waals surface area contributed by atoms with Gasteiger partial charge in [0.2, 0.25) is 15.9 Å². The second-order valence-corrected chi connectivity index (χ2v) is 10.1. The number of hydrogen-bond donors (Lipinski definition) is 1. The summed E-state index contributed by atoms with van der Waals surface area (Å²) in [5.74, 6) is -0.405. The molecule has 0 saturated carbocycles. The van der Waals surface area contributed by atoms with Gasteiger partial charge in [-0.2, -0.15) is 0 Å². The van der Waals surface area contributed by atoms with Crippen LogP contribution in [0.5, 0.6) is 0 Å². The minimum Gasteiger partial charge on any atom is -0.341 e. The smallest absolute Gasteiger partial charge is 0.228 e. The van der Waals surface area contributed by atoms with Crippen LogP contribution < -0.4 is 4.72 Å². The molecule has 0 spiro atoms. The van der Waals surface area contributed by atoms with Crippen LogP contribution in [-0.4, -0.2) is 44.6 Å².